The molecule has 0 saturated heterocycles. The first-order valence-electron chi connectivity index (χ1n) is 6.12. The van der Waals surface area contributed by atoms with Crippen molar-refractivity contribution in [3.63, 3.8) is 0 Å². The molecule has 1 aromatic heterocycles. The van der Waals surface area contributed by atoms with Crippen LogP contribution >= 0.6 is 0 Å². The Labute approximate surface area is 98.2 Å². The molecular weight excluding hydrogens is 200 g/mol. The topological polar surface area (TPSA) is 55.9 Å². The van der Waals surface area contributed by atoms with E-state index in [0.29, 0.717) is 5.92 Å². The van der Waals surface area contributed by atoms with Gasteiger partial charge in [0, 0.05) is 6.54 Å². The summed E-state index contributed by atoms with van der Waals surface area (Å²) in [5.74, 6) is 6.32. The van der Waals surface area contributed by atoms with Gasteiger partial charge in [-0.1, -0.05) is 20.3 Å². The number of hydrogen-bond donors (Lipinski definition) is 2. The molecule has 2 atom stereocenters. The maximum absolute atomic E-state index is 5.65. The second-order valence-electron chi connectivity index (χ2n) is 4.49. The van der Waals surface area contributed by atoms with E-state index >= 15 is 0 Å². The Bertz CT molecular complexity index is 319. The number of aromatic nitrogens is 2. The Morgan fingerprint density at radius 3 is 2.69 bits per heavy atom. The van der Waals surface area contributed by atoms with E-state index in [1.54, 1.807) is 0 Å². The van der Waals surface area contributed by atoms with Crippen LogP contribution in [0.1, 0.15) is 51.0 Å². The zero-order valence-corrected chi connectivity index (χ0v) is 10.8. The Balaban J connectivity index is 2.85. The van der Waals surface area contributed by atoms with Gasteiger partial charge < -0.3 is 0 Å². The number of nitrogens with one attached hydrogen (secondary N) is 1. The summed E-state index contributed by atoms with van der Waals surface area (Å²) >= 11 is 0. The first kappa shape index (κ1) is 13.2. The third-order valence-corrected chi connectivity index (χ3v) is 3.13. The average Bonchev–Trinajstić information content (AvgIpc) is 2.66. The van der Waals surface area contributed by atoms with Gasteiger partial charge in [0.25, 0.3) is 0 Å². The Morgan fingerprint density at radius 1 is 1.50 bits per heavy atom. The molecule has 1 heterocycles. The maximum atomic E-state index is 5.65. The number of nitrogens with zero attached hydrogens (tertiary/aromatic N) is 2. The molecule has 0 aliphatic heterocycles. The maximum Gasteiger partial charge on any atom is 0.0631 e. The van der Waals surface area contributed by atoms with Crippen molar-refractivity contribution in [1.82, 2.24) is 15.2 Å². The molecule has 2 unspecified atom stereocenters. The van der Waals surface area contributed by atoms with Crippen molar-refractivity contribution in [2.75, 3.05) is 0 Å². The zero-order valence-electron chi connectivity index (χ0n) is 10.8. The highest BCUT2D eigenvalue weighted by molar-refractivity contribution is 5.13. The second kappa shape index (κ2) is 6.01. The van der Waals surface area contributed by atoms with Crippen molar-refractivity contribution in [1.29, 1.82) is 0 Å². The Kier molecular flexibility index (Phi) is 4.96. The summed E-state index contributed by atoms with van der Waals surface area (Å²) in [6, 6.07) is 2.33. The summed E-state index contributed by atoms with van der Waals surface area (Å²) in [5, 5.41) is 4.45. The number of rotatable bonds is 6. The van der Waals surface area contributed by atoms with Crippen LogP contribution < -0.4 is 11.3 Å². The predicted octanol–water partition coefficient (Wildman–Crippen LogP) is 2.15. The van der Waals surface area contributed by atoms with Gasteiger partial charge in [-0.15, -0.1) is 0 Å². The average molecular weight is 224 g/mol. The highest BCUT2D eigenvalue weighted by Gasteiger charge is 2.17. The van der Waals surface area contributed by atoms with Crippen molar-refractivity contribution in [3.8, 4) is 0 Å². The first-order chi connectivity index (χ1) is 7.62. The summed E-state index contributed by atoms with van der Waals surface area (Å²) in [5.41, 5.74) is 5.16. The number of hydrogen-bond acceptors (Lipinski definition) is 3. The second-order valence-corrected chi connectivity index (χ2v) is 4.49. The molecule has 0 spiro atoms. The van der Waals surface area contributed by atoms with Crippen LogP contribution in [0.4, 0.5) is 0 Å². The van der Waals surface area contributed by atoms with Crippen molar-refractivity contribution < 1.29 is 0 Å². The lowest BCUT2D eigenvalue weighted by Crippen LogP contribution is -2.31. The molecule has 0 aliphatic carbocycles. The van der Waals surface area contributed by atoms with E-state index < -0.39 is 0 Å². The molecule has 0 aliphatic rings. The molecule has 3 N–H and O–H groups in total. The van der Waals surface area contributed by atoms with Gasteiger partial charge in [-0.25, -0.2) is 0 Å². The van der Waals surface area contributed by atoms with Gasteiger partial charge in [0.05, 0.1) is 17.4 Å². The summed E-state index contributed by atoms with van der Waals surface area (Å²) in [4.78, 5) is 0. The summed E-state index contributed by atoms with van der Waals surface area (Å²) < 4.78 is 2.03. The minimum Gasteiger partial charge on any atom is -0.271 e. The van der Waals surface area contributed by atoms with Crippen LogP contribution in [0.5, 0.6) is 0 Å². The Morgan fingerprint density at radius 2 is 2.19 bits per heavy atom. The predicted molar refractivity (Wildman–Crippen MR) is 66.8 cm³/mol. The molecule has 92 valence electrons. The van der Waals surface area contributed by atoms with Crippen molar-refractivity contribution >= 4 is 0 Å². The van der Waals surface area contributed by atoms with Crippen LogP contribution in [0.2, 0.25) is 0 Å². The SMILES string of the molecule is CCC(C)CC(NN)c1cc(C)nn1CC. The smallest absolute Gasteiger partial charge is 0.0631 e. The lowest BCUT2D eigenvalue weighted by Gasteiger charge is -2.20. The highest BCUT2D eigenvalue weighted by Crippen LogP contribution is 2.23. The molecule has 0 aromatic carbocycles. The zero-order chi connectivity index (χ0) is 12.1. The van der Waals surface area contributed by atoms with Crippen LogP contribution in [0.3, 0.4) is 0 Å². The van der Waals surface area contributed by atoms with Crippen molar-refractivity contribution in [3.05, 3.63) is 17.5 Å². The fourth-order valence-electron chi connectivity index (χ4n) is 1.94. The number of hydrazine groups is 1. The van der Waals surface area contributed by atoms with Gasteiger partial charge in [0.1, 0.15) is 0 Å². The van der Waals surface area contributed by atoms with E-state index in [4.69, 9.17) is 5.84 Å². The fraction of sp³-hybridized carbons (Fsp3) is 0.750. The van der Waals surface area contributed by atoms with E-state index in [-0.39, 0.29) is 6.04 Å². The molecule has 0 bridgehead atoms. The standard InChI is InChI=1S/C12H24N4/c1-5-9(3)7-11(14-13)12-8-10(4)15-16(12)6-2/h8-9,11,14H,5-7,13H2,1-4H3. The van der Waals surface area contributed by atoms with E-state index in [2.05, 4.69) is 37.4 Å². The van der Waals surface area contributed by atoms with Crippen LogP contribution in [0.15, 0.2) is 6.07 Å². The summed E-state index contributed by atoms with van der Waals surface area (Å²) in [7, 11) is 0. The highest BCUT2D eigenvalue weighted by atomic mass is 15.3. The van der Waals surface area contributed by atoms with E-state index in [0.717, 1.165) is 18.7 Å². The van der Waals surface area contributed by atoms with Crippen molar-refractivity contribution in [2.45, 2.75) is 53.1 Å². The normalized spacial score (nSPS) is 15.1. The van der Waals surface area contributed by atoms with E-state index in [1.807, 2.05) is 11.6 Å². The summed E-state index contributed by atoms with van der Waals surface area (Å²) in [6.07, 6.45) is 2.23. The third-order valence-electron chi connectivity index (χ3n) is 3.13. The van der Waals surface area contributed by atoms with E-state index in [9.17, 15) is 0 Å². The molecule has 4 heteroatoms. The Hall–Kier alpha value is -0.870. The lowest BCUT2D eigenvalue weighted by atomic mass is 9.97. The minimum absolute atomic E-state index is 0.205. The van der Waals surface area contributed by atoms with Gasteiger partial charge in [-0.2, -0.15) is 5.10 Å². The minimum atomic E-state index is 0.205. The van der Waals surface area contributed by atoms with Crippen LogP contribution in [0, 0.1) is 12.8 Å². The number of aryl methyl sites for hydroxylation is 2. The van der Waals surface area contributed by atoms with E-state index in [1.165, 1.54) is 12.1 Å². The van der Waals surface area contributed by atoms with Gasteiger partial charge in [-0.3, -0.25) is 16.0 Å². The van der Waals surface area contributed by atoms with Gasteiger partial charge >= 0.3 is 0 Å². The third kappa shape index (κ3) is 3.06. The van der Waals surface area contributed by atoms with Crippen LogP contribution in [-0.4, -0.2) is 9.78 Å². The molecule has 0 amide bonds. The monoisotopic (exact) mass is 224 g/mol. The van der Waals surface area contributed by atoms with Gasteiger partial charge in [0.15, 0.2) is 0 Å². The molecule has 4 nitrogen and oxygen atoms in total. The summed E-state index contributed by atoms with van der Waals surface area (Å²) in [6.45, 7) is 9.48. The van der Waals surface area contributed by atoms with Crippen molar-refractivity contribution in [2.24, 2.45) is 11.8 Å². The molecule has 0 radical (unpaired) electrons. The molecule has 1 aromatic rings. The molecule has 0 fully saturated rings. The lowest BCUT2D eigenvalue weighted by molar-refractivity contribution is 0.386. The van der Waals surface area contributed by atoms with Gasteiger partial charge in [0.2, 0.25) is 0 Å². The van der Waals surface area contributed by atoms with Crippen LogP contribution in [0.25, 0.3) is 0 Å². The quantitative estimate of drug-likeness (QED) is 0.575. The molecule has 1 rings (SSSR count). The largest absolute Gasteiger partial charge is 0.271 e. The number of nitrogens with two attached hydrogens (primary N) is 1. The van der Waals surface area contributed by atoms with Gasteiger partial charge in [-0.05, 0) is 32.3 Å². The van der Waals surface area contributed by atoms with Crippen LogP contribution in [-0.2, 0) is 6.54 Å². The molecular formula is C12H24N4. The molecule has 0 saturated carbocycles. The molecule has 16 heavy (non-hydrogen) atoms. The fourth-order valence-corrected chi connectivity index (χ4v) is 1.94. The first-order valence-corrected chi connectivity index (χ1v) is 6.12.